The largest absolute Gasteiger partial charge is 0.451 e. The predicted molar refractivity (Wildman–Crippen MR) is 99.6 cm³/mol. The van der Waals surface area contributed by atoms with Crippen molar-refractivity contribution < 1.29 is 14.3 Å². The standard InChI is InChI=1S/C20H18N2O3S/c23-16-9-4-5-10-17(16)25-20(24)15-13-22(14-7-2-1-3-8-14)21-19(15)18-11-6-12-26-18/h1-3,6-8,11-13,17H,4-5,9-10H2/t17-/m0/s1. The minimum Gasteiger partial charge on any atom is -0.451 e. The number of hydrogen-bond donors (Lipinski definition) is 0. The van der Waals surface area contributed by atoms with E-state index in [1.807, 2.05) is 47.8 Å². The summed E-state index contributed by atoms with van der Waals surface area (Å²) in [4.78, 5) is 25.7. The molecule has 0 radical (unpaired) electrons. The quantitative estimate of drug-likeness (QED) is 0.647. The molecular formula is C20H18N2O3S. The summed E-state index contributed by atoms with van der Waals surface area (Å²) in [6.45, 7) is 0. The molecule has 26 heavy (non-hydrogen) atoms. The first-order chi connectivity index (χ1) is 12.7. The summed E-state index contributed by atoms with van der Waals surface area (Å²) in [6, 6.07) is 13.4. The molecule has 1 aromatic carbocycles. The van der Waals surface area contributed by atoms with Crippen LogP contribution in [0, 0.1) is 0 Å². The highest BCUT2D eigenvalue weighted by Gasteiger charge is 2.28. The molecule has 3 aromatic rings. The van der Waals surface area contributed by atoms with Crippen molar-refractivity contribution in [2.45, 2.75) is 31.8 Å². The van der Waals surface area contributed by atoms with Crippen molar-refractivity contribution in [3.63, 3.8) is 0 Å². The summed E-state index contributed by atoms with van der Waals surface area (Å²) in [7, 11) is 0. The number of thiophene rings is 1. The second-order valence-corrected chi connectivity index (χ2v) is 7.20. The lowest BCUT2D eigenvalue weighted by atomic mass is 9.96. The highest BCUT2D eigenvalue weighted by Crippen LogP contribution is 2.29. The highest BCUT2D eigenvalue weighted by atomic mass is 32.1. The third-order valence-corrected chi connectivity index (χ3v) is 5.33. The monoisotopic (exact) mass is 366 g/mol. The third-order valence-electron chi connectivity index (χ3n) is 4.46. The van der Waals surface area contributed by atoms with E-state index in [0.29, 0.717) is 24.1 Å². The van der Waals surface area contributed by atoms with Gasteiger partial charge in [0.05, 0.1) is 10.6 Å². The molecule has 0 N–H and O–H groups in total. The van der Waals surface area contributed by atoms with Crippen LogP contribution in [-0.4, -0.2) is 27.6 Å². The number of nitrogens with zero attached hydrogens (tertiary/aromatic N) is 2. The zero-order valence-corrected chi connectivity index (χ0v) is 14.9. The Morgan fingerprint density at radius 3 is 2.73 bits per heavy atom. The number of carbonyl (C=O) groups excluding carboxylic acids is 2. The van der Waals surface area contributed by atoms with Crippen LogP contribution in [0.25, 0.3) is 16.3 Å². The average molecular weight is 366 g/mol. The van der Waals surface area contributed by atoms with Crippen molar-refractivity contribution in [1.82, 2.24) is 9.78 Å². The van der Waals surface area contributed by atoms with Gasteiger partial charge in [0.1, 0.15) is 11.3 Å². The Morgan fingerprint density at radius 2 is 2.00 bits per heavy atom. The maximum Gasteiger partial charge on any atom is 0.342 e. The van der Waals surface area contributed by atoms with Crippen LogP contribution < -0.4 is 0 Å². The molecule has 0 unspecified atom stereocenters. The average Bonchev–Trinajstić information content (AvgIpc) is 3.34. The molecule has 0 spiro atoms. The van der Waals surface area contributed by atoms with Crippen molar-refractivity contribution in [3.05, 3.63) is 59.6 Å². The fourth-order valence-corrected chi connectivity index (χ4v) is 3.82. The number of Topliss-reactive ketones (excluding diaryl/α,β-unsaturated/α-hetero) is 1. The van der Waals surface area contributed by atoms with Crippen molar-refractivity contribution in [1.29, 1.82) is 0 Å². The Morgan fingerprint density at radius 1 is 1.15 bits per heavy atom. The molecule has 0 amide bonds. The van der Waals surface area contributed by atoms with Gasteiger partial charge in [-0.1, -0.05) is 24.3 Å². The molecule has 1 atom stereocenters. The lowest BCUT2D eigenvalue weighted by Gasteiger charge is -2.20. The number of benzene rings is 1. The highest BCUT2D eigenvalue weighted by molar-refractivity contribution is 7.13. The Bertz CT molecular complexity index is 916. The van der Waals surface area contributed by atoms with E-state index in [0.717, 1.165) is 23.4 Å². The Hall–Kier alpha value is -2.73. The maximum atomic E-state index is 12.8. The van der Waals surface area contributed by atoms with Crippen LogP contribution in [0.4, 0.5) is 0 Å². The topological polar surface area (TPSA) is 61.2 Å². The van der Waals surface area contributed by atoms with Gasteiger partial charge in [0.2, 0.25) is 0 Å². The van der Waals surface area contributed by atoms with Gasteiger partial charge in [0.15, 0.2) is 11.9 Å². The van der Waals surface area contributed by atoms with Crippen LogP contribution in [0.3, 0.4) is 0 Å². The number of rotatable bonds is 4. The predicted octanol–water partition coefficient (Wildman–Crippen LogP) is 4.27. The number of esters is 1. The van der Waals surface area contributed by atoms with Crippen LogP contribution in [0.1, 0.15) is 36.0 Å². The first-order valence-corrected chi connectivity index (χ1v) is 9.53. The van der Waals surface area contributed by atoms with E-state index in [-0.39, 0.29) is 5.78 Å². The van der Waals surface area contributed by atoms with Crippen molar-refractivity contribution in [2.24, 2.45) is 0 Å². The fraction of sp³-hybridized carbons (Fsp3) is 0.250. The first-order valence-electron chi connectivity index (χ1n) is 8.65. The van der Waals surface area contributed by atoms with Crippen LogP contribution in [-0.2, 0) is 9.53 Å². The summed E-state index contributed by atoms with van der Waals surface area (Å²) < 4.78 is 7.22. The molecule has 2 heterocycles. The zero-order valence-electron chi connectivity index (χ0n) is 14.1. The van der Waals surface area contributed by atoms with Gasteiger partial charge in [-0.3, -0.25) is 4.79 Å². The molecule has 0 bridgehead atoms. The van der Waals surface area contributed by atoms with E-state index >= 15 is 0 Å². The van der Waals surface area contributed by atoms with Gasteiger partial charge in [-0.25, -0.2) is 9.48 Å². The molecule has 1 fully saturated rings. The summed E-state index contributed by atoms with van der Waals surface area (Å²) in [5.74, 6) is -0.478. The van der Waals surface area contributed by atoms with Crippen molar-refractivity contribution >= 4 is 23.1 Å². The SMILES string of the molecule is O=C(O[C@H]1CCCCC1=O)c1cn(-c2ccccc2)nc1-c1cccs1. The second-order valence-electron chi connectivity index (χ2n) is 6.25. The van der Waals surface area contributed by atoms with Gasteiger partial charge >= 0.3 is 5.97 Å². The number of carbonyl (C=O) groups is 2. The summed E-state index contributed by atoms with van der Waals surface area (Å²) in [6.07, 6.45) is 3.92. The second kappa shape index (κ2) is 7.25. The van der Waals surface area contributed by atoms with E-state index < -0.39 is 12.1 Å². The minimum absolute atomic E-state index is 0.0118. The molecule has 6 heteroatoms. The molecule has 1 saturated carbocycles. The Balaban J connectivity index is 1.68. The van der Waals surface area contributed by atoms with Crippen molar-refractivity contribution in [3.8, 4) is 16.3 Å². The van der Waals surface area contributed by atoms with Gasteiger partial charge in [0, 0.05) is 12.6 Å². The molecule has 2 aromatic heterocycles. The Labute approximate surface area is 155 Å². The molecule has 1 aliphatic rings. The fourth-order valence-electron chi connectivity index (χ4n) is 3.10. The van der Waals surface area contributed by atoms with Crippen LogP contribution in [0.2, 0.25) is 0 Å². The summed E-state index contributed by atoms with van der Waals surface area (Å²) >= 11 is 1.51. The van der Waals surface area contributed by atoms with Gasteiger partial charge in [0.25, 0.3) is 0 Å². The van der Waals surface area contributed by atoms with Gasteiger partial charge in [-0.2, -0.15) is 5.10 Å². The van der Waals surface area contributed by atoms with Crippen LogP contribution in [0.15, 0.2) is 54.0 Å². The molecule has 132 valence electrons. The molecule has 1 aliphatic carbocycles. The lowest BCUT2D eigenvalue weighted by molar-refractivity contribution is -0.129. The van der Waals surface area contributed by atoms with Crippen LogP contribution >= 0.6 is 11.3 Å². The molecular weight excluding hydrogens is 348 g/mol. The van der Waals surface area contributed by atoms with E-state index in [1.165, 1.54) is 11.3 Å². The Kier molecular flexibility index (Phi) is 4.67. The molecule has 0 aliphatic heterocycles. The van der Waals surface area contributed by atoms with E-state index in [1.54, 1.807) is 10.9 Å². The van der Waals surface area contributed by atoms with E-state index in [4.69, 9.17) is 4.74 Å². The summed E-state index contributed by atoms with van der Waals surface area (Å²) in [5, 5.41) is 6.54. The van der Waals surface area contributed by atoms with Crippen LogP contribution in [0.5, 0.6) is 0 Å². The van der Waals surface area contributed by atoms with Gasteiger partial charge in [-0.05, 0) is 42.8 Å². The number of para-hydroxylation sites is 1. The maximum absolute atomic E-state index is 12.8. The summed E-state index contributed by atoms with van der Waals surface area (Å²) in [5.41, 5.74) is 1.82. The minimum atomic E-state index is -0.632. The first kappa shape index (κ1) is 16.7. The third kappa shape index (κ3) is 3.32. The zero-order chi connectivity index (χ0) is 17.9. The molecule has 4 rings (SSSR count). The van der Waals surface area contributed by atoms with Crippen molar-refractivity contribution in [2.75, 3.05) is 0 Å². The van der Waals surface area contributed by atoms with Gasteiger partial charge in [-0.15, -0.1) is 11.3 Å². The van der Waals surface area contributed by atoms with Gasteiger partial charge < -0.3 is 4.74 Å². The normalized spacial score (nSPS) is 17.2. The molecule has 0 saturated heterocycles. The number of hydrogen-bond acceptors (Lipinski definition) is 5. The van der Waals surface area contributed by atoms with E-state index in [9.17, 15) is 9.59 Å². The smallest absolute Gasteiger partial charge is 0.342 e. The number of aromatic nitrogens is 2. The lowest BCUT2D eigenvalue weighted by Crippen LogP contribution is -2.30. The number of ketones is 1. The van der Waals surface area contributed by atoms with E-state index in [2.05, 4.69) is 5.10 Å². The number of ether oxygens (including phenoxy) is 1. The molecule has 5 nitrogen and oxygen atoms in total.